The monoisotopic (exact) mass is 706 g/mol. The van der Waals surface area contributed by atoms with Crippen molar-refractivity contribution in [3.63, 3.8) is 0 Å². The zero-order valence-corrected chi connectivity index (χ0v) is 29.5. The van der Waals surface area contributed by atoms with Crippen molar-refractivity contribution < 1.29 is 29.4 Å². The number of unbranched alkanes of at least 4 members (excludes halogenated alkanes) is 3. The average Bonchev–Trinajstić information content (AvgIpc) is 3.14. The third kappa shape index (κ3) is 13.4. The number of carbonyl (C=O) groups excluding carboxylic acids is 2. The van der Waals surface area contributed by atoms with Gasteiger partial charge in [0.05, 0.1) is 12.1 Å². The van der Waals surface area contributed by atoms with E-state index in [4.69, 9.17) is 0 Å². The first-order valence-corrected chi connectivity index (χ1v) is 17.9. The maximum Gasteiger partial charge on any atom is 0.411 e. The molecule has 0 radical (unpaired) electrons. The van der Waals surface area contributed by atoms with Gasteiger partial charge >= 0.3 is 12.2 Å². The van der Waals surface area contributed by atoms with Crippen LogP contribution < -0.4 is 21.3 Å². The number of hydrogen-bond donors (Lipinski definition) is 6. The molecule has 3 amide bonds. The van der Waals surface area contributed by atoms with Crippen LogP contribution in [0.4, 0.5) is 9.59 Å². The number of carboxylic acid groups (broad SMARTS) is 2. The molecule has 0 fully saturated rings. The number of nitrogens with one attached hydrogen (secondary N) is 4. The van der Waals surface area contributed by atoms with E-state index >= 15 is 0 Å². The van der Waals surface area contributed by atoms with Crippen LogP contribution in [0.25, 0.3) is 0 Å². The third-order valence-electron chi connectivity index (χ3n) is 9.29. The summed E-state index contributed by atoms with van der Waals surface area (Å²) in [5, 5.41) is 31.5. The third-order valence-corrected chi connectivity index (χ3v) is 9.29. The Balaban J connectivity index is 1.57. The van der Waals surface area contributed by atoms with Crippen molar-refractivity contribution in [3.8, 4) is 0 Å². The highest BCUT2D eigenvalue weighted by Crippen LogP contribution is 2.31. The van der Waals surface area contributed by atoms with E-state index in [1.54, 1.807) is 0 Å². The Kier molecular flexibility index (Phi) is 16.0. The molecular weight excluding hydrogens is 656 g/mol. The molecule has 2 unspecified atom stereocenters. The van der Waals surface area contributed by atoms with Gasteiger partial charge in [0.2, 0.25) is 5.91 Å². The van der Waals surface area contributed by atoms with Gasteiger partial charge in [-0.25, -0.2) is 9.59 Å². The van der Waals surface area contributed by atoms with Crippen molar-refractivity contribution in [1.29, 1.82) is 0 Å². The molecular formula is C42H50N4O6. The summed E-state index contributed by atoms with van der Waals surface area (Å²) < 4.78 is 0. The number of aldehydes is 1. The lowest BCUT2D eigenvalue weighted by molar-refractivity contribution is -0.123. The van der Waals surface area contributed by atoms with Crippen LogP contribution in [0.3, 0.4) is 0 Å². The molecule has 10 nitrogen and oxygen atoms in total. The minimum atomic E-state index is -1.49. The summed E-state index contributed by atoms with van der Waals surface area (Å²) >= 11 is 0. The number of hydrogen-bond acceptors (Lipinski definition) is 6. The van der Waals surface area contributed by atoms with Crippen LogP contribution in [0.2, 0.25) is 0 Å². The molecule has 0 spiro atoms. The van der Waals surface area contributed by atoms with Crippen molar-refractivity contribution in [2.75, 3.05) is 6.54 Å². The topological polar surface area (TPSA) is 157 Å². The molecule has 0 saturated heterocycles. The highest BCUT2D eigenvalue weighted by molar-refractivity contribution is 5.94. The van der Waals surface area contributed by atoms with Crippen LogP contribution in [0.15, 0.2) is 121 Å². The van der Waals surface area contributed by atoms with Crippen molar-refractivity contribution in [1.82, 2.24) is 21.3 Å². The van der Waals surface area contributed by atoms with Gasteiger partial charge in [0, 0.05) is 6.42 Å². The van der Waals surface area contributed by atoms with E-state index in [-0.39, 0.29) is 24.8 Å². The lowest BCUT2D eigenvalue weighted by atomic mass is 9.78. The summed E-state index contributed by atoms with van der Waals surface area (Å²) in [7, 11) is 0. The summed E-state index contributed by atoms with van der Waals surface area (Å²) in [6, 6.07) is 37.1. The molecule has 4 aromatic carbocycles. The fraction of sp³-hybridized carbons (Fsp3) is 0.333. The van der Waals surface area contributed by atoms with Crippen LogP contribution >= 0.6 is 0 Å². The number of amides is 3. The van der Waals surface area contributed by atoms with E-state index in [1.165, 1.54) is 0 Å². The SMILES string of the molecule is O=CC(Cc1ccccc1)NCCCCCC[C@@H](Cc1ccccc1)C(Cc1ccccc1)(NC(=O)O)N[C@@H](Cc1ccccc1)C(=O)NC(=O)O. The van der Waals surface area contributed by atoms with Crippen LogP contribution in [-0.4, -0.2) is 58.9 Å². The number of carbonyl (C=O) groups is 4. The fourth-order valence-corrected chi connectivity index (χ4v) is 6.78. The van der Waals surface area contributed by atoms with Gasteiger partial charge in [0.1, 0.15) is 11.9 Å². The van der Waals surface area contributed by atoms with Crippen LogP contribution in [-0.2, 0) is 35.3 Å². The minimum absolute atomic E-state index is 0.134. The Morgan fingerprint density at radius 2 is 1.12 bits per heavy atom. The lowest BCUT2D eigenvalue weighted by Crippen LogP contribution is -2.69. The second-order valence-corrected chi connectivity index (χ2v) is 13.2. The molecule has 0 aliphatic carbocycles. The Morgan fingerprint density at radius 1 is 0.615 bits per heavy atom. The van der Waals surface area contributed by atoms with Crippen molar-refractivity contribution in [3.05, 3.63) is 144 Å². The van der Waals surface area contributed by atoms with Crippen molar-refractivity contribution in [2.45, 2.75) is 75.5 Å². The van der Waals surface area contributed by atoms with Crippen molar-refractivity contribution in [2.24, 2.45) is 5.92 Å². The van der Waals surface area contributed by atoms with Crippen molar-refractivity contribution >= 4 is 24.4 Å². The van der Waals surface area contributed by atoms with Gasteiger partial charge < -0.3 is 25.6 Å². The molecule has 0 bridgehead atoms. The fourth-order valence-electron chi connectivity index (χ4n) is 6.78. The average molecular weight is 707 g/mol. The second kappa shape index (κ2) is 21.1. The summed E-state index contributed by atoms with van der Waals surface area (Å²) in [5.74, 6) is -1.11. The van der Waals surface area contributed by atoms with Gasteiger partial charge in [0.15, 0.2) is 0 Å². The largest absolute Gasteiger partial charge is 0.465 e. The molecule has 0 aliphatic rings. The Bertz CT molecular complexity index is 1660. The normalized spacial score (nSPS) is 13.9. The van der Waals surface area contributed by atoms with Crippen LogP contribution in [0.5, 0.6) is 0 Å². The minimum Gasteiger partial charge on any atom is -0.465 e. The quantitative estimate of drug-likeness (QED) is 0.0312. The molecule has 4 atom stereocenters. The van der Waals surface area contributed by atoms with Crippen LogP contribution in [0, 0.1) is 5.92 Å². The summed E-state index contributed by atoms with van der Waals surface area (Å²) in [5.41, 5.74) is 2.39. The molecule has 10 heteroatoms. The number of benzene rings is 4. The molecule has 6 N–H and O–H groups in total. The molecule has 0 aliphatic heterocycles. The predicted molar refractivity (Wildman–Crippen MR) is 202 cm³/mol. The molecule has 0 aromatic heterocycles. The summed E-state index contributed by atoms with van der Waals surface area (Å²) in [6.45, 7) is 0.698. The van der Waals surface area contributed by atoms with E-state index in [1.807, 2.05) is 127 Å². The molecule has 0 heterocycles. The van der Waals surface area contributed by atoms with E-state index in [0.717, 1.165) is 54.2 Å². The van der Waals surface area contributed by atoms with Gasteiger partial charge in [-0.15, -0.1) is 0 Å². The predicted octanol–water partition coefficient (Wildman–Crippen LogP) is 6.40. The van der Waals surface area contributed by atoms with Crippen LogP contribution in [0.1, 0.15) is 54.4 Å². The first-order valence-electron chi connectivity index (χ1n) is 17.9. The Morgan fingerprint density at radius 3 is 1.63 bits per heavy atom. The van der Waals surface area contributed by atoms with E-state index in [9.17, 15) is 29.4 Å². The Labute approximate surface area is 306 Å². The molecule has 52 heavy (non-hydrogen) atoms. The molecule has 0 saturated carbocycles. The van der Waals surface area contributed by atoms with Gasteiger partial charge in [0.25, 0.3) is 0 Å². The Hall–Kier alpha value is -5.32. The van der Waals surface area contributed by atoms with E-state index < -0.39 is 29.8 Å². The van der Waals surface area contributed by atoms with E-state index in [0.29, 0.717) is 25.8 Å². The molecule has 4 aromatic rings. The van der Waals surface area contributed by atoms with Gasteiger partial charge in [-0.2, -0.15) is 0 Å². The zero-order chi connectivity index (χ0) is 37.0. The maximum absolute atomic E-state index is 13.5. The number of rotatable bonds is 22. The second-order valence-electron chi connectivity index (χ2n) is 13.2. The standard InChI is InChI=1S/C42H50N4O6/c47-31-37(28-33-19-9-4-10-20-33)43-26-16-2-1-15-25-36(27-32-17-7-3-8-18-32)42(46-41(51)52,30-35-23-13-6-14-24-35)45-38(39(48)44-40(49)50)29-34-21-11-5-12-22-34/h3-14,17-24,31,36-38,43,45-46H,1-2,15-16,25-30H2,(H,44,48)(H,49,50)(H,51,52)/t36-,37?,38-,42?/m0/s1. The van der Waals surface area contributed by atoms with Gasteiger partial charge in [-0.05, 0) is 66.8 Å². The highest BCUT2D eigenvalue weighted by Gasteiger charge is 2.43. The molecule has 4 rings (SSSR count). The first-order chi connectivity index (χ1) is 25.3. The lowest BCUT2D eigenvalue weighted by Gasteiger charge is -2.44. The zero-order valence-electron chi connectivity index (χ0n) is 29.5. The summed E-state index contributed by atoms with van der Waals surface area (Å²) in [6.07, 6.45) is 3.74. The molecule has 274 valence electrons. The maximum atomic E-state index is 13.5. The number of imide groups is 1. The summed E-state index contributed by atoms with van der Waals surface area (Å²) in [4.78, 5) is 49.6. The van der Waals surface area contributed by atoms with Gasteiger partial charge in [-0.3, -0.25) is 15.4 Å². The van der Waals surface area contributed by atoms with Gasteiger partial charge in [-0.1, -0.05) is 141 Å². The van der Waals surface area contributed by atoms with E-state index in [2.05, 4.69) is 16.0 Å². The smallest absolute Gasteiger partial charge is 0.411 e. The first kappa shape index (κ1) is 39.5. The highest BCUT2D eigenvalue weighted by atomic mass is 16.4.